The van der Waals surface area contributed by atoms with Crippen LogP contribution in [-0.4, -0.2) is 26.9 Å². The Kier molecular flexibility index (Phi) is 3.00. The quantitative estimate of drug-likeness (QED) is 0.735. The van der Waals surface area contributed by atoms with E-state index in [-0.39, 0.29) is 0 Å². The van der Waals surface area contributed by atoms with Gasteiger partial charge in [0.15, 0.2) is 5.82 Å². The van der Waals surface area contributed by atoms with Crippen LogP contribution in [0.25, 0.3) is 17.1 Å². The van der Waals surface area contributed by atoms with Gasteiger partial charge in [0, 0.05) is 5.56 Å². The highest BCUT2D eigenvalue weighted by atomic mass is 32.1. The molecule has 5 nitrogen and oxygen atoms in total. The molecule has 6 heteroatoms. The molecule has 0 aliphatic carbocycles. The SMILES string of the molecule is COc1ccccc1/C=C\c1nn2c(C)nnc2s1. The number of benzene rings is 1. The minimum atomic E-state index is 0.795. The van der Waals surface area contributed by atoms with Crippen LogP contribution in [0.3, 0.4) is 0 Å². The average Bonchev–Trinajstić information content (AvgIpc) is 2.99. The van der Waals surface area contributed by atoms with E-state index < -0.39 is 0 Å². The number of fused-ring (bicyclic) bond motifs is 1. The summed E-state index contributed by atoms with van der Waals surface area (Å²) < 4.78 is 7.04. The highest BCUT2D eigenvalue weighted by molar-refractivity contribution is 7.17. The fourth-order valence-corrected chi connectivity index (χ4v) is 2.55. The maximum atomic E-state index is 5.30. The summed E-state index contributed by atoms with van der Waals surface area (Å²) in [5, 5.41) is 13.3. The number of hydrogen-bond donors (Lipinski definition) is 0. The molecule has 0 N–H and O–H groups in total. The minimum Gasteiger partial charge on any atom is -0.496 e. The van der Waals surface area contributed by atoms with Crippen LogP contribution in [0.4, 0.5) is 0 Å². The van der Waals surface area contributed by atoms with Crippen molar-refractivity contribution < 1.29 is 4.74 Å². The third-order valence-electron chi connectivity index (χ3n) is 2.71. The Hall–Kier alpha value is -2.21. The van der Waals surface area contributed by atoms with E-state index in [2.05, 4.69) is 15.3 Å². The maximum absolute atomic E-state index is 5.30. The van der Waals surface area contributed by atoms with Gasteiger partial charge in [-0.2, -0.15) is 9.61 Å². The first kappa shape index (κ1) is 11.9. The van der Waals surface area contributed by atoms with Gasteiger partial charge < -0.3 is 4.74 Å². The standard InChI is InChI=1S/C13H12N4OS/c1-9-14-15-13-17(9)16-12(19-13)8-7-10-5-3-4-6-11(10)18-2/h3-8H,1-2H3/b8-7-. The lowest BCUT2D eigenvalue weighted by atomic mass is 10.2. The highest BCUT2D eigenvalue weighted by Gasteiger charge is 2.06. The Bertz CT molecular complexity index is 744. The van der Waals surface area contributed by atoms with E-state index >= 15 is 0 Å². The van der Waals surface area contributed by atoms with Crippen molar-refractivity contribution in [2.75, 3.05) is 7.11 Å². The fourth-order valence-electron chi connectivity index (χ4n) is 1.76. The summed E-state index contributed by atoms with van der Waals surface area (Å²) in [6, 6.07) is 7.86. The molecule has 0 saturated heterocycles. The van der Waals surface area contributed by atoms with Crippen LogP contribution in [0.2, 0.25) is 0 Å². The van der Waals surface area contributed by atoms with Gasteiger partial charge >= 0.3 is 0 Å². The molecule has 96 valence electrons. The number of aromatic nitrogens is 4. The summed E-state index contributed by atoms with van der Waals surface area (Å²) in [6.45, 7) is 1.88. The third kappa shape index (κ3) is 2.22. The zero-order valence-corrected chi connectivity index (χ0v) is 11.4. The van der Waals surface area contributed by atoms with Crippen LogP contribution in [-0.2, 0) is 0 Å². The molecule has 2 heterocycles. The second kappa shape index (κ2) is 4.81. The van der Waals surface area contributed by atoms with Crippen molar-refractivity contribution in [3.8, 4) is 5.75 Å². The van der Waals surface area contributed by atoms with Gasteiger partial charge in [0.05, 0.1) is 7.11 Å². The first-order chi connectivity index (χ1) is 9.28. The van der Waals surface area contributed by atoms with Crippen LogP contribution in [0.1, 0.15) is 16.4 Å². The van der Waals surface area contributed by atoms with E-state index in [1.807, 2.05) is 43.3 Å². The lowest BCUT2D eigenvalue weighted by Crippen LogP contribution is -1.88. The molecule has 0 bridgehead atoms. The van der Waals surface area contributed by atoms with Crippen molar-refractivity contribution >= 4 is 28.4 Å². The monoisotopic (exact) mass is 272 g/mol. The Morgan fingerprint density at radius 1 is 1.21 bits per heavy atom. The van der Waals surface area contributed by atoms with Crippen molar-refractivity contribution in [2.24, 2.45) is 0 Å². The van der Waals surface area contributed by atoms with Crippen LogP contribution in [0.5, 0.6) is 5.75 Å². The van der Waals surface area contributed by atoms with Crippen molar-refractivity contribution in [1.29, 1.82) is 0 Å². The van der Waals surface area contributed by atoms with Crippen molar-refractivity contribution in [3.05, 3.63) is 40.7 Å². The van der Waals surface area contributed by atoms with Gasteiger partial charge in [0.1, 0.15) is 10.8 Å². The van der Waals surface area contributed by atoms with Crippen LogP contribution in [0.15, 0.2) is 24.3 Å². The first-order valence-corrected chi connectivity index (χ1v) is 6.59. The number of para-hydroxylation sites is 1. The molecule has 2 aromatic heterocycles. The summed E-state index contributed by atoms with van der Waals surface area (Å²) in [5.74, 6) is 1.64. The molecule has 0 fully saturated rings. The van der Waals surface area contributed by atoms with Gasteiger partial charge in [-0.05, 0) is 25.1 Å². The van der Waals surface area contributed by atoms with Gasteiger partial charge in [-0.1, -0.05) is 29.5 Å². The fraction of sp³-hybridized carbons (Fsp3) is 0.154. The minimum absolute atomic E-state index is 0.795. The van der Waals surface area contributed by atoms with Gasteiger partial charge in [0.25, 0.3) is 0 Å². The number of aryl methyl sites for hydroxylation is 1. The molecule has 0 saturated carbocycles. The van der Waals surface area contributed by atoms with Crippen LogP contribution in [0, 0.1) is 6.92 Å². The molecule has 0 aliphatic rings. The van der Waals surface area contributed by atoms with E-state index in [9.17, 15) is 0 Å². The van der Waals surface area contributed by atoms with Crippen molar-refractivity contribution in [3.63, 3.8) is 0 Å². The van der Waals surface area contributed by atoms with Gasteiger partial charge in [-0.25, -0.2) is 0 Å². The van der Waals surface area contributed by atoms with E-state index in [0.717, 1.165) is 27.1 Å². The van der Waals surface area contributed by atoms with Crippen LogP contribution >= 0.6 is 11.3 Å². The summed E-state index contributed by atoms with van der Waals surface area (Å²) in [4.78, 5) is 0.803. The Morgan fingerprint density at radius 3 is 2.84 bits per heavy atom. The molecule has 0 radical (unpaired) electrons. The van der Waals surface area contributed by atoms with Gasteiger partial charge in [-0.15, -0.1) is 10.2 Å². The second-order valence-corrected chi connectivity index (χ2v) is 4.94. The summed E-state index contributed by atoms with van der Waals surface area (Å²) in [6.07, 6.45) is 3.94. The van der Waals surface area contributed by atoms with Gasteiger partial charge in [-0.3, -0.25) is 0 Å². The van der Waals surface area contributed by atoms with Gasteiger partial charge in [0.2, 0.25) is 4.96 Å². The zero-order valence-electron chi connectivity index (χ0n) is 10.6. The molecule has 0 atom stereocenters. The van der Waals surface area contributed by atoms with Crippen molar-refractivity contribution in [2.45, 2.75) is 6.92 Å². The van der Waals surface area contributed by atoms with E-state index in [1.54, 1.807) is 11.6 Å². The maximum Gasteiger partial charge on any atom is 0.234 e. The van der Waals surface area contributed by atoms with E-state index in [1.165, 1.54) is 11.3 Å². The molecule has 3 aromatic rings. The lowest BCUT2D eigenvalue weighted by molar-refractivity contribution is 0.414. The lowest BCUT2D eigenvalue weighted by Gasteiger charge is -2.02. The Labute approximate surface area is 114 Å². The second-order valence-electron chi connectivity index (χ2n) is 3.96. The number of nitrogens with zero attached hydrogens (tertiary/aromatic N) is 4. The number of ether oxygens (including phenoxy) is 1. The average molecular weight is 272 g/mol. The molecule has 19 heavy (non-hydrogen) atoms. The normalized spacial score (nSPS) is 11.5. The highest BCUT2D eigenvalue weighted by Crippen LogP contribution is 2.21. The molecule has 0 amide bonds. The summed E-state index contributed by atoms with van der Waals surface area (Å²) >= 11 is 1.50. The van der Waals surface area contributed by atoms with E-state index in [0.29, 0.717) is 0 Å². The zero-order chi connectivity index (χ0) is 13.2. The third-order valence-corrected chi connectivity index (χ3v) is 3.57. The molecule has 0 spiro atoms. The smallest absolute Gasteiger partial charge is 0.234 e. The Balaban J connectivity index is 1.93. The number of methoxy groups -OCH3 is 1. The number of hydrogen-bond acceptors (Lipinski definition) is 5. The first-order valence-electron chi connectivity index (χ1n) is 5.78. The van der Waals surface area contributed by atoms with Crippen molar-refractivity contribution in [1.82, 2.24) is 19.8 Å². The predicted molar refractivity (Wildman–Crippen MR) is 75.3 cm³/mol. The van der Waals surface area contributed by atoms with E-state index in [4.69, 9.17) is 4.74 Å². The Morgan fingerprint density at radius 2 is 2.05 bits per heavy atom. The molecule has 0 unspecified atom stereocenters. The molecule has 0 aliphatic heterocycles. The molecule has 3 rings (SSSR count). The molecule has 1 aromatic carbocycles. The largest absolute Gasteiger partial charge is 0.496 e. The topological polar surface area (TPSA) is 52.3 Å². The summed E-state index contributed by atoms with van der Waals surface area (Å²) in [7, 11) is 1.67. The summed E-state index contributed by atoms with van der Waals surface area (Å²) in [5.41, 5.74) is 1.02. The number of rotatable bonds is 3. The molecular formula is C13H12N4OS. The molecular weight excluding hydrogens is 260 g/mol. The predicted octanol–water partition coefficient (Wildman–Crippen LogP) is 2.67. The van der Waals surface area contributed by atoms with Crippen LogP contribution < -0.4 is 4.74 Å².